The van der Waals surface area contributed by atoms with E-state index in [2.05, 4.69) is 74.5 Å². The van der Waals surface area contributed by atoms with Gasteiger partial charge in [0.05, 0.1) is 0 Å². The summed E-state index contributed by atoms with van der Waals surface area (Å²) in [6, 6.07) is 21.9. The Labute approximate surface area is 132 Å². The topological polar surface area (TPSA) is 26.0 Å². The van der Waals surface area contributed by atoms with Crippen molar-refractivity contribution in [1.29, 1.82) is 0 Å². The first-order chi connectivity index (χ1) is 10.7. The molecule has 0 saturated carbocycles. The van der Waals surface area contributed by atoms with Gasteiger partial charge in [-0.3, -0.25) is 0 Å². The van der Waals surface area contributed by atoms with Gasteiger partial charge in [0.25, 0.3) is 0 Å². The molecular formula is C21H23N. The maximum absolute atomic E-state index is 6.08. The Morgan fingerprint density at radius 3 is 2.41 bits per heavy atom. The molecule has 3 rings (SSSR count). The lowest BCUT2D eigenvalue weighted by molar-refractivity contribution is 0.696. The van der Waals surface area contributed by atoms with Crippen LogP contribution >= 0.6 is 0 Å². The molecule has 0 fully saturated rings. The van der Waals surface area contributed by atoms with Crippen LogP contribution in [-0.2, 0) is 6.42 Å². The van der Waals surface area contributed by atoms with Crippen molar-refractivity contribution in [3.63, 3.8) is 0 Å². The number of hydrogen-bond donors (Lipinski definition) is 1. The lowest BCUT2D eigenvalue weighted by Crippen LogP contribution is -2.15. The Hall–Kier alpha value is -2.12. The highest BCUT2D eigenvalue weighted by Crippen LogP contribution is 2.26. The fraction of sp³-hybridized carbons (Fsp3) is 0.238. The molecule has 1 unspecified atom stereocenters. The molecule has 3 aromatic carbocycles. The maximum Gasteiger partial charge on any atom is 0.000189 e. The molecule has 3 aromatic rings. The van der Waals surface area contributed by atoms with Crippen molar-refractivity contribution >= 4 is 10.8 Å². The first-order valence-corrected chi connectivity index (χ1v) is 7.93. The van der Waals surface area contributed by atoms with Crippen LogP contribution in [0.4, 0.5) is 0 Å². The Bertz CT molecular complexity index is 784. The van der Waals surface area contributed by atoms with E-state index in [4.69, 9.17) is 5.73 Å². The van der Waals surface area contributed by atoms with Gasteiger partial charge in [-0.05, 0) is 59.8 Å². The van der Waals surface area contributed by atoms with Crippen LogP contribution in [-0.4, -0.2) is 6.54 Å². The molecule has 0 aromatic heterocycles. The van der Waals surface area contributed by atoms with Crippen molar-refractivity contribution in [3.8, 4) is 0 Å². The molecule has 1 nitrogen and oxygen atoms in total. The van der Waals surface area contributed by atoms with Crippen molar-refractivity contribution in [3.05, 3.63) is 82.9 Å². The van der Waals surface area contributed by atoms with Crippen molar-refractivity contribution in [2.75, 3.05) is 6.54 Å². The Morgan fingerprint density at radius 1 is 0.864 bits per heavy atom. The fourth-order valence-corrected chi connectivity index (χ4v) is 3.09. The van der Waals surface area contributed by atoms with Crippen LogP contribution in [0.5, 0.6) is 0 Å². The van der Waals surface area contributed by atoms with Crippen LogP contribution in [0.1, 0.15) is 28.2 Å². The lowest BCUT2D eigenvalue weighted by atomic mass is 9.88. The van der Waals surface area contributed by atoms with Gasteiger partial charge in [0.15, 0.2) is 0 Å². The minimum absolute atomic E-state index is 0.366. The Kier molecular flexibility index (Phi) is 4.26. The molecular weight excluding hydrogens is 266 g/mol. The highest BCUT2D eigenvalue weighted by Gasteiger charge is 2.13. The van der Waals surface area contributed by atoms with E-state index in [1.54, 1.807) is 0 Å². The summed E-state index contributed by atoms with van der Waals surface area (Å²) in [5.74, 6) is 0.366. The second-order valence-corrected chi connectivity index (χ2v) is 6.12. The summed E-state index contributed by atoms with van der Waals surface area (Å²) >= 11 is 0. The summed E-state index contributed by atoms with van der Waals surface area (Å²) in [6.45, 7) is 5.00. The first-order valence-electron chi connectivity index (χ1n) is 7.93. The van der Waals surface area contributed by atoms with E-state index in [1.807, 2.05) is 0 Å². The molecule has 0 aliphatic rings. The molecule has 0 heterocycles. The van der Waals surface area contributed by atoms with E-state index in [1.165, 1.54) is 33.0 Å². The quantitative estimate of drug-likeness (QED) is 0.737. The second kappa shape index (κ2) is 6.33. The number of aryl methyl sites for hydroxylation is 2. The van der Waals surface area contributed by atoms with Crippen LogP contribution in [0, 0.1) is 13.8 Å². The van der Waals surface area contributed by atoms with Crippen LogP contribution in [0.25, 0.3) is 10.8 Å². The zero-order valence-corrected chi connectivity index (χ0v) is 13.3. The van der Waals surface area contributed by atoms with Gasteiger partial charge in [0.1, 0.15) is 0 Å². The van der Waals surface area contributed by atoms with E-state index in [0.29, 0.717) is 12.5 Å². The number of nitrogens with two attached hydrogens (primary N) is 1. The summed E-state index contributed by atoms with van der Waals surface area (Å²) < 4.78 is 0. The van der Waals surface area contributed by atoms with Gasteiger partial charge >= 0.3 is 0 Å². The predicted octanol–water partition coefficient (Wildman–Crippen LogP) is 4.74. The van der Waals surface area contributed by atoms with Gasteiger partial charge in [-0.2, -0.15) is 0 Å². The zero-order valence-electron chi connectivity index (χ0n) is 13.3. The molecule has 0 saturated heterocycles. The van der Waals surface area contributed by atoms with Gasteiger partial charge in [0.2, 0.25) is 0 Å². The number of hydrogen-bond acceptors (Lipinski definition) is 1. The predicted molar refractivity (Wildman–Crippen MR) is 95.4 cm³/mol. The highest BCUT2D eigenvalue weighted by atomic mass is 14.5. The van der Waals surface area contributed by atoms with E-state index >= 15 is 0 Å². The summed E-state index contributed by atoms with van der Waals surface area (Å²) in [6.07, 6.45) is 0.986. The third kappa shape index (κ3) is 2.90. The fourth-order valence-electron chi connectivity index (χ4n) is 3.09. The minimum atomic E-state index is 0.366. The van der Waals surface area contributed by atoms with Crippen molar-refractivity contribution < 1.29 is 0 Å². The molecule has 0 aliphatic heterocycles. The molecule has 22 heavy (non-hydrogen) atoms. The second-order valence-electron chi connectivity index (χ2n) is 6.12. The van der Waals surface area contributed by atoms with Gasteiger partial charge in [-0.15, -0.1) is 0 Å². The molecule has 112 valence electrons. The monoisotopic (exact) mass is 289 g/mol. The third-order valence-corrected chi connectivity index (χ3v) is 4.63. The van der Waals surface area contributed by atoms with E-state index in [9.17, 15) is 0 Å². The smallest absolute Gasteiger partial charge is 0.000189 e. The number of rotatable bonds is 4. The SMILES string of the molecule is Cc1ccc(C(CN)Cc2cccc3ccccc23)cc1C. The summed E-state index contributed by atoms with van der Waals surface area (Å²) in [7, 11) is 0. The van der Waals surface area contributed by atoms with Gasteiger partial charge in [-0.1, -0.05) is 60.7 Å². The van der Waals surface area contributed by atoms with Crippen LogP contribution in [0.3, 0.4) is 0 Å². The third-order valence-electron chi connectivity index (χ3n) is 4.63. The highest BCUT2D eigenvalue weighted by molar-refractivity contribution is 5.85. The number of fused-ring (bicyclic) bond motifs is 1. The van der Waals surface area contributed by atoms with Crippen molar-refractivity contribution in [2.45, 2.75) is 26.2 Å². The molecule has 0 aliphatic carbocycles. The van der Waals surface area contributed by atoms with E-state index in [-0.39, 0.29) is 0 Å². The van der Waals surface area contributed by atoms with Gasteiger partial charge in [0, 0.05) is 5.92 Å². The molecule has 0 radical (unpaired) electrons. The molecule has 0 spiro atoms. The minimum Gasteiger partial charge on any atom is -0.330 e. The van der Waals surface area contributed by atoms with Crippen LogP contribution < -0.4 is 5.73 Å². The standard InChI is InChI=1S/C21H23N/c1-15-10-11-18(12-16(15)2)20(14-22)13-19-8-5-7-17-6-3-4-9-21(17)19/h3-12,20H,13-14,22H2,1-2H3. The largest absolute Gasteiger partial charge is 0.330 e. The van der Waals surface area contributed by atoms with E-state index in [0.717, 1.165) is 6.42 Å². The normalized spacial score (nSPS) is 12.5. The molecule has 1 heteroatoms. The van der Waals surface area contributed by atoms with Crippen molar-refractivity contribution in [2.24, 2.45) is 5.73 Å². The number of benzene rings is 3. The molecule has 0 amide bonds. The maximum atomic E-state index is 6.08. The Balaban J connectivity index is 1.96. The lowest BCUT2D eigenvalue weighted by Gasteiger charge is -2.18. The van der Waals surface area contributed by atoms with Gasteiger partial charge in [-0.25, -0.2) is 0 Å². The van der Waals surface area contributed by atoms with Crippen molar-refractivity contribution in [1.82, 2.24) is 0 Å². The van der Waals surface area contributed by atoms with Crippen LogP contribution in [0.2, 0.25) is 0 Å². The summed E-state index contributed by atoms with van der Waals surface area (Å²) in [4.78, 5) is 0. The van der Waals surface area contributed by atoms with Crippen LogP contribution in [0.15, 0.2) is 60.7 Å². The summed E-state index contributed by atoms with van der Waals surface area (Å²) in [5, 5.41) is 2.64. The first kappa shape index (κ1) is 14.8. The summed E-state index contributed by atoms with van der Waals surface area (Å²) in [5.41, 5.74) is 11.5. The van der Waals surface area contributed by atoms with Gasteiger partial charge < -0.3 is 5.73 Å². The molecule has 2 N–H and O–H groups in total. The average molecular weight is 289 g/mol. The average Bonchev–Trinajstić information content (AvgIpc) is 2.55. The zero-order chi connectivity index (χ0) is 15.5. The van der Waals surface area contributed by atoms with E-state index < -0.39 is 0 Å². The molecule has 1 atom stereocenters. The Morgan fingerprint density at radius 2 is 1.64 bits per heavy atom. The molecule has 0 bridgehead atoms.